The van der Waals surface area contributed by atoms with Gasteiger partial charge in [-0.2, -0.15) is 0 Å². The fourth-order valence-corrected chi connectivity index (χ4v) is 10.7. The maximum Gasteiger partial charge on any atom is 0.262 e. The molecule has 8 rings (SSSR count). The van der Waals surface area contributed by atoms with Crippen LogP contribution >= 0.6 is 0 Å². The van der Waals surface area contributed by atoms with Crippen molar-refractivity contribution in [3.63, 3.8) is 0 Å². The van der Waals surface area contributed by atoms with Crippen LogP contribution in [0.25, 0.3) is 0 Å². The van der Waals surface area contributed by atoms with Crippen molar-refractivity contribution in [2.24, 2.45) is 35.5 Å². The van der Waals surface area contributed by atoms with Crippen molar-refractivity contribution in [1.29, 1.82) is 0 Å². The molecule has 8 unspecified atom stereocenters. The molecular formula is C43H48N2O4. The number of ketones is 1. The first-order valence-corrected chi connectivity index (χ1v) is 18.8. The normalized spacial score (nSPS) is 34.3. The summed E-state index contributed by atoms with van der Waals surface area (Å²) in [5, 5.41) is 11.6. The fraction of sp³-hybridized carbons (Fsp3) is 0.465. The molecule has 0 radical (unpaired) electrons. The van der Waals surface area contributed by atoms with Crippen LogP contribution in [0.5, 0.6) is 0 Å². The van der Waals surface area contributed by atoms with E-state index in [0.29, 0.717) is 29.2 Å². The standard InChI is InChI=1S/C43H48N2O4/c46-40-34-26-24-28-14-10-12-20-32(28)38(34)44(30-16-4-1-5-17-30)42(48)36(40)22-8-3-9-23-37-41(47)35-27-25-29-15-11-13-21-33(29)39(35)45(43(37)49)31-18-6-2-7-19-31/h1-9,16-19,22-23,28-29,32-35,38-39,46H,10-15,20-21,24-27H2. The highest BCUT2D eigenvalue weighted by atomic mass is 16.3. The number of benzene rings is 2. The Morgan fingerprint density at radius 2 is 1.10 bits per heavy atom. The Kier molecular flexibility index (Phi) is 8.90. The third-order valence-electron chi connectivity index (χ3n) is 12.9. The molecular weight excluding hydrogens is 608 g/mol. The lowest BCUT2D eigenvalue weighted by Gasteiger charge is -2.52. The molecule has 49 heavy (non-hydrogen) atoms. The zero-order chi connectivity index (χ0) is 33.5. The van der Waals surface area contributed by atoms with E-state index in [1.807, 2.05) is 70.5 Å². The van der Waals surface area contributed by atoms with Crippen LogP contribution in [0.4, 0.5) is 11.4 Å². The van der Waals surface area contributed by atoms with Gasteiger partial charge in [0, 0.05) is 23.2 Å². The Hall–Kier alpha value is -4.19. The van der Waals surface area contributed by atoms with E-state index in [0.717, 1.165) is 56.3 Å². The van der Waals surface area contributed by atoms with E-state index in [4.69, 9.17) is 0 Å². The number of anilines is 2. The molecule has 4 saturated carbocycles. The summed E-state index contributed by atoms with van der Waals surface area (Å²) in [6.07, 6.45) is 21.8. The summed E-state index contributed by atoms with van der Waals surface area (Å²) in [4.78, 5) is 46.2. The van der Waals surface area contributed by atoms with Gasteiger partial charge in [-0.1, -0.05) is 93.2 Å². The second-order valence-electron chi connectivity index (χ2n) is 15.3. The smallest absolute Gasteiger partial charge is 0.262 e. The lowest BCUT2D eigenvalue weighted by molar-refractivity contribution is -0.130. The van der Waals surface area contributed by atoms with Gasteiger partial charge < -0.3 is 14.9 Å². The summed E-state index contributed by atoms with van der Waals surface area (Å²) >= 11 is 0. The summed E-state index contributed by atoms with van der Waals surface area (Å²) in [6, 6.07) is 19.6. The average molecular weight is 657 g/mol. The Morgan fingerprint density at radius 1 is 0.571 bits per heavy atom. The van der Waals surface area contributed by atoms with Gasteiger partial charge in [-0.05, 0) is 98.6 Å². The van der Waals surface area contributed by atoms with Crippen molar-refractivity contribution >= 4 is 29.0 Å². The fourth-order valence-electron chi connectivity index (χ4n) is 10.7. The number of piperidine rings is 1. The molecule has 8 atom stereocenters. The van der Waals surface area contributed by atoms with Crippen LogP contribution in [0, 0.1) is 35.5 Å². The molecule has 1 N–H and O–H groups in total. The first-order valence-electron chi connectivity index (χ1n) is 18.8. The van der Waals surface area contributed by atoms with E-state index in [-0.39, 0.29) is 52.8 Å². The highest BCUT2D eigenvalue weighted by Crippen LogP contribution is 2.51. The minimum atomic E-state index is -0.219. The van der Waals surface area contributed by atoms with Crippen molar-refractivity contribution < 1.29 is 19.5 Å². The topological polar surface area (TPSA) is 77.9 Å². The van der Waals surface area contributed by atoms with Gasteiger partial charge in [0.05, 0.1) is 23.2 Å². The number of Topliss-reactive ketones (excluding diaryl/α,β-unsaturated/α-hetero) is 1. The minimum Gasteiger partial charge on any atom is -0.511 e. The maximum absolute atomic E-state index is 14.2. The van der Waals surface area contributed by atoms with Crippen molar-refractivity contribution in [1.82, 2.24) is 0 Å². The van der Waals surface area contributed by atoms with E-state index in [1.54, 1.807) is 30.4 Å². The van der Waals surface area contributed by atoms with Crippen LogP contribution in [0.15, 0.2) is 108 Å². The number of para-hydroxylation sites is 2. The molecule has 0 aromatic heterocycles. The molecule has 254 valence electrons. The Bertz CT molecular complexity index is 1710. The zero-order valence-corrected chi connectivity index (χ0v) is 28.3. The largest absolute Gasteiger partial charge is 0.511 e. The molecule has 6 aliphatic rings. The monoisotopic (exact) mass is 656 g/mol. The second kappa shape index (κ2) is 13.6. The van der Waals surface area contributed by atoms with Gasteiger partial charge in [-0.3, -0.25) is 14.4 Å². The quantitative estimate of drug-likeness (QED) is 0.199. The average Bonchev–Trinajstić information content (AvgIpc) is 3.14. The number of aliphatic hydroxyl groups excluding tert-OH is 1. The van der Waals surface area contributed by atoms with Crippen LogP contribution < -0.4 is 9.80 Å². The third kappa shape index (κ3) is 5.71. The Labute approximate surface area is 290 Å². The number of carbonyl (C=O) groups is 3. The number of amides is 2. The van der Waals surface area contributed by atoms with Gasteiger partial charge in [0.2, 0.25) is 0 Å². The summed E-state index contributed by atoms with van der Waals surface area (Å²) in [7, 11) is 0. The molecule has 6 heteroatoms. The van der Waals surface area contributed by atoms with Crippen molar-refractivity contribution in [3.8, 4) is 0 Å². The second-order valence-corrected chi connectivity index (χ2v) is 15.3. The van der Waals surface area contributed by atoms with Crippen molar-refractivity contribution in [3.05, 3.63) is 108 Å². The minimum absolute atomic E-state index is 0.0326. The molecule has 5 fully saturated rings. The van der Waals surface area contributed by atoms with E-state index >= 15 is 0 Å². The van der Waals surface area contributed by atoms with Crippen LogP contribution in [0.2, 0.25) is 0 Å². The van der Waals surface area contributed by atoms with E-state index in [9.17, 15) is 19.5 Å². The molecule has 2 aromatic carbocycles. The van der Waals surface area contributed by atoms with Crippen molar-refractivity contribution in [2.45, 2.75) is 89.1 Å². The first kappa shape index (κ1) is 32.0. The number of rotatable bonds is 5. The lowest BCUT2D eigenvalue weighted by atomic mass is 9.61. The van der Waals surface area contributed by atoms with Gasteiger partial charge in [0.25, 0.3) is 11.8 Å². The summed E-state index contributed by atoms with van der Waals surface area (Å²) < 4.78 is 0. The molecule has 2 aliphatic heterocycles. The summed E-state index contributed by atoms with van der Waals surface area (Å²) in [5.41, 5.74) is 2.29. The molecule has 4 aliphatic carbocycles. The number of hydrogen-bond acceptors (Lipinski definition) is 4. The van der Waals surface area contributed by atoms with E-state index in [2.05, 4.69) is 0 Å². The SMILES string of the molecule is O=C1C(=CC=CC=CC2=C(O)C3CCC4CCCCC4C3N(c3ccccc3)C2=O)C(=O)N(c2ccccc2)C2C1CCC1CCCCC12. The molecule has 2 heterocycles. The predicted molar refractivity (Wildman–Crippen MR) is 193 cm³/mol. The predicted octanol–water partition coefficient (Wildman–Crippen LogP) is 8.67. The summed E-state index contributed by atoms with van der Waals surface area (Å²) in [5.74, 6) is 1.44. The van der Waals surface area contributed by atoms with Crippen LogP contribution in [0.1, 0.15) is 77.0 Å². The first-order chi connectivity index (χ1) is 24.0. The van der Waals surface area contributed by atoms with Gasteiger partial charge in [0.1, 0.15) is 5.76 Å². The number of fused-ring (bicyclic) bond motifs is 6. The van der Waals surface area contributed by atoms with Crippen molar-refractivity contribution in [2.75, 3.05) is 9.80 Å². The van der Waals surface area contributed by atoms with E-state index in [1.165, 1.54) is 32.1 Å². The molecule has 0 bridgehead atoms. The number of allylic oxidation sites excluding steroid dienone is 4. The maximum atomic E-state index is 14.2. The van der Waals surface area contributed by atoms with Gasteiger partial charge in [0.15, 0.2) is 5.78 Å². The molecule has 6 nitrogen and oxygen atoms in total. The van der Waals surface area contributed by atoms with Gasteiger partial charge in [-0.25, -0.2) is 0 Å². The van der Waals surface area contributed by atoms with E-state index < -0.39 is 0 Å². The molecule has 2 amide bonds. The molecule has 1 saturated heterocycles. The summed E-state index contributed by atoms with van der Waals surface area (Å²) in [6.45, 7) is 0. The lowest BCUT2D eigenvalue weighted by Crippen LogP contribution is -2.60. The van der Waals surface area contributed by atoms with Crippen LogP contribution in [-0.2, 0) is 14.4 Å². The number of carbonyl (C=O) groups excluding carboxylic acids is 3. The van der Waals surface area contributed by atoms with Crippen LogP contribution in [-0.4, -0.2) is 34.8 Å². The highest BCUT2D eigenvalue weighted by molar-refractivity contribution is 6.27. The van der Waals surface area contributed by atoms with Gasteiger partial charge >= 0.3 is 0 Å². The number of nitrogens with zero attached hydrogens (tertiary/aromatic N) is 2. The molecule has 2 aromatic rings. The number of hydrogen-bond donors (Lipinski definition) is 1. The number of aliphatic hydroxyl groups is 1. The Morgan fingerprint density at radius 3 is 1.71 bits per heavy atom. The molecule has 0 spiro atoms. The van der Waals surface area contributed by atoms with Gasteiger partial charge in [-0.15, -0.1) is 0 Å². The zero-order valence-electron chi connectivity index (χ0n) is 28.3. The van der Waals surface area contributed by atoms with Crippen LogP contribution in [0.3, 0.4) is 0 Å². The highest BCUT2D eigenvalue weighted by Gasteiger charge is 2.53. The third-order valence-corrected chi connectivity index (χ3v) is 12.9. The Balaban J connectivity index is 1.07.